The van der Waals surface area contributed by atoms with Crippen LogP contribution in [-0.2, 0) is 4.79 Å². The fourth-order valence-electron chi connectivity index (χ4n) is 2.29. The van der Waals surface area contributed by atoms with Crippen LogP contribution in [0.5, 0.6) is 0 Å². The Morgan fingerprint density at radius 1 is 1.21 bits per heavy atom. The molecule has 0 bridgehead atoms. The van der Waals surface area contributed by atoms with Gasteiger partial charge in [-0.15, -0.1) is 0 Å². The minimum absolute atomic E-state index is 0.234. The molecule has 1 heterocycles. The van der Waals surface area contributed by atoms with Gasteiger partial charge in [-0.05, 0) is 27.1 Å². The summed E-state index contributed by atoms with van der Waals surface area (Å²) in [6.07, 6.45) is 0. The lowest BCUT2D eigenvalue weighted by molar-refractivity contribution is -0.132. The van der Waals surface area contributed by atoms with E-state index in [4.69, 9.17) is 0 Å². The Morgan fingerprint density at radius 2 is 1.79 bits per heavy atom. The van der Waals surface area contributed by atoms with E-state index in [0.717, 1.165) is 32.7 Å². The highest BCUT2D eigenvalue weighted by molar-refractivity contribution is 5.78. The molecule has 5 heteroatoms. The molecule has 1 amide bonds. The van der Waals surface area contributed by atoms with Crippen LogP contribution in [0.15, 0.2) is 0 Å². The third-order valence-corrected chi connectivity index (χ3v) is 3.74. The first kappa shape index (κ1) is 16.4. The van der Waals surface area contributed by atoms with Gasteiger partial charge in [-0.2, -0.15) is 0 Å². The molecular weight excluding hydrogens is 240 g/mol. The highest BCUT2D eigenvalue weighted by atomic mass is 16.2. The molecule has 19 heavy (non-hydrogen) atoms. The summed E-state index contributed by atoms with van der Waals surface area (Å²) in [6.45, 7) is 9.50. The molecule has 0 aromatic carbocycles. The number of likely N-dealkylation sites (N-methyl/N-ethyl adjacent to an activating group) is 2. The Bertz CT molecular complexity index is 273. The van der Waals surface area contributed by atoms with Gasteiger partial charge in [0, 0.05) is 38.8 Å². The smallest absolute Gasteiger partial charge is 0.236 e. The Morgan fingerprint density at radius 3 is 2.26 bits per heavy atom. The van der Waals surface area contributed by atoms with Gasteiger partial charge in [0.1, 0.15) is 0 Å². The molecule has 0 radical (unpaired) electrons. The molecule has 1 atom stereocenters. The van der Waals surface area contributed by atoms with Gasteiger partial charge in [0.25, 0.3) is 0 Å². The summed E-state index contributed by atoms with van der Waals surface area (Å²) in [5, 5.41) is 3.41. The van der Waals surface area contributed by atoms with Crippen LogP contribution in [0.2, 0.25) is 0 Å². The summed E-state index contributed by atoms with van der Waals surface area (Å²) in [6, 6.07) is 0.367. The zero-order chi connectivity index (χ0) is 14.4. The van der Waals surface area contributed by atoms with E-state index < -0.39 is 0 Å². The van der Waals surface area contributed by atoms with Crippen LogP contribution in [-0.4, -0.2) is 87.1 Å². The van der Waals surface area contributed by atoms with Crippen LogP contribution >= 0.6 is 0 Å². The van der Waals surface area contributed by atoms with Crippen molar-refractivity contribution in [1.82, 2.24) is 20.0 Å². The van der Waals surface area contributed by atoms with E-state index in [1.807, 2.05) is 4.90 Å². The highest BCUT2D eigenvalue weighted by Gasteiger charge is 2.20. The van der Waals surface area contributed by atoms with E-state index >= 15 is 0 Å². The fraction of sp³-hybridized carbons (Fsp3) is 0.929. The van der Waals surface area contributed by atoms with Crippen molar-refractivity contribution in [2.45, 2.75) is 19.9 Å². The van der Waals surface area contributed by atoms with Crippen molar-refractivity contribution < 1.29 is 4.79 Å². The Hall–Kier alpha value is -0.650. The van der Waals surface area contributed by atoms with Gasteiger partial charge in [-0.1, -0.05) is 13.8 Å². The first-order valence-corrected chi connectivity index (χ1v) is 7.24. The quantitative estimate of drug-likeness (QED) is 0.734. The average Bonchev–Trinajstić information content (AvgIpc) is 2.34. The van der Waals surface area contributed by atoms with Crippen LogP contribution in [0.4, 0.5) is 0 Å². The summed E-state index contributed by atoms with van der Waals surface area (Å²) in [5.41, 5.74) is 0. The Labute approximate surface area is 117 Å². The molecular formula is C14H30N4O. The van der Waals surface area contributed by atoms with Gasteiger partial charge in [0.05, 0.1) is 6.54 Å². The van der Waals surface area contributed by atoms with Crippen molar-refractivity contribution in [3.8, 4) is 0 Å². The molecule has 1 aliphatic rings. The molecule has 1 unspecified atom stereocenters. The first-order valence-electron chi connectivity index (χ1n) is 7.24. The van der Waals surface area contributed by atoms with Crippen LogP contribution in [0, 0.1) is 5.92 Å². The summed E-state index contributed by atoms with van der Waals surface area (Å²) >= 11 is 0. The molecule has 1 fully saturated rings. The molecule has 0 saturated carbocycles. The third kappa shape index (κ3) is 5.89. The van der Waals surface area contributed by atoms with Crippen molar-refractivity contribution in [3.63, 3.8) is 0 Å². The molecule has 5 nitrogen and oxygen atoms in total. The fourth-order valence-corrected chi connectivity index (χ4v) is 2.29. The third-order valence-electron chi connectivity index (χ3n) is 3.74. The second kappa shape index (κ2) is 7.82. The van der Waals surface area contributed by atoms with Gasteiger partial charge >= 0.3 is 0 Å². The van der Waals surface area contributed by atoms with E-state index in [-0.39, 0.29) is 5.91 Å². The van der Waals surface area contributed by atoms with Crippen LogP contribution in [0.25, 0.3) is 0 Å². The molecule has 0 aromatic rings. The predicted molar refractivity (Wildman–Crippen MR) is 79.3 cm³/mol. The number of piperazine rings is 1. The summed E-state index contributed by atoms with van der Waals surface area (Å²) in [4.78, 5) is 18.5. The van der Waals surface area contributed by atoms with Crippen LogP contribution in [0.3, 0.4) is 0 Å². The predicted octanol–water partition coefficient (Wildman–Crippen LogP) is -0.0638. The van der Waals surface area contributed by atoms with Crippen molar-refractivity contribution in [1.29, 1.82) is 0 Å². The lowest BCUT2D eigenvalue weighted by Gasteiger charge is -2.33. The minimum Gasteiger partial charge on any atom is -0.339 e. The Balaban J connectivity index is 2.35. The lowest BCUT2D eigenvalue weighted by atomic mass is 10.0. The number of carbonyl (C=O) groups excluding carboxylic acids is 1. The summed E-state index contributed by atoms with van der Waals surface area (Å²) in [7, 11) is 6.24. The molecule has 1 rings (SSSR count). The molecule has 1 saturated heterocycles. The monoisotopic (exact) mass is 270 g/mol. The topological polar surface area (TPSA) is 38.8 Å². The maximum Gasteiger partial charge on any atom is 0.236 e. The van der Waals surface area contributed by atoms with Gasteiger partial charge < -0.3 is 20.0 Å². The molecule has 1 aliphatic heterocycles. The second-order valence-corrected chi connectivity index (χ2v) is 6.18. The summed E-state index contributed by atoms with van der Waals surface area (Å²) in [5.74, 6) is 0.764. The van der Waals surface area contributed by atoms with Gasteiger partial charge in [0.2, 0.25) is 5.91 Å². The number of hydrogen-bond acceptors (Lipinski definition) is 4. The maximum atomic E-state index is 12.1. The van der Waals surface area contributed by atoms with E-state index in [1.165, 1.54) is 0 Å². The van der Waals surface area contributed by atoms with Gasteiger partial charge in [0.15, 0.2) is 0 Å². The maximum absolute atomic E-state index is 12.1. The van der Waals surface area contributed by atoms with Crippen molar-refractivity contribution in [2.75, 3.05) is 60.4 Å². The zero-order valence-electron chi connectivity index (χ0n) is 13.1. The molecule has 0 spiro atoms. The summed E-state index contributed by atoms with van der Waals surface area (Å²) < 4.78 is 0. The average molecular weight is 270 g/mol. The lowest BCUT2D eigenvalue weighted by Crippen LogP contribution is -2.52. The normalized spacial score (nSPS) is 19.2. The SMILES string of the molecule is CC(C)C(CN(C)C)NCC(=O)N1CCN(C)CC1. The van der Waals surface area contributed by atoms with Crippen LogP contribution in [0.1, 0.15) is 13.8 Å². The highest BCUT2D eigenvalue weighted by Crippen LogP contribution is 2.04. The zero-order valence-corrected chi connectivity index (χ0v) is 13.1. The standard InChI is InChI=1S/C14H30N4O/c1-12(2)13(11-16(3)4)15-10-14(19)18-8-6-17(5)7-9-18/h12-13,15H,6-11H2,1-5H3. The van der Waals surface area contributed by atoms with E-state index in [9.17, 15) is 4.79 Å². The van der Waals surface area contributed by atoms with E-state index in [1.54, 1.807) is 0 Å². The number of hydrogen-bond donors (Lipinski definition) is 1. The largest absolute Gasteiger partial charge is 0.339 e. The van der Waals surface area contributed by atoms with Crippen molar-refractivity contribution >= 4 is 5.91 Å². The Kier molecular flexibility index (Phi) is 6.75. The second-order valence-electron chi connectivity index (χ2n) is 6.18. The van der Waals surface area contributed by atoms with E-state index in [2.05, 4.69) is 50.1 Å². The first-order chi connectivity index (χ1) is 8.90. The number of carbonyl (C=O) groups is 1. The number of amides is 1. The van der Waals surface area contributed by atoms with E-state index in [0.29, 0.717) is 18.5 Å². The molecule has 112 valence electrons. The van der Waals surface area contributed by atoms with Gasteiger partial charge in [-0.25, -0.2) is 0 Å². The number of rotatable bonds is 6. The van der Waals surface area contributed by atoms with Crippen molar-refractivity contribution in [3.05, 3.63) is 0 Å². The molecule has 0 aromatic heterocycles. The number of nitrogens with one attached hydrogen (secondary N) is 1. The molecule has 1 N–H and O–H groups in total. The van der Waals surface area contributed by atoms with Crippen LogP contribution < -0.4 is 5.32 Å². The van der Waals surface area contributed by atoms with Crippen molar-refractivity contribution in [2.24, 2.45) is 5.92 Å². The molecule has 0 aliphatic carbocycles. The van der Waals surface area contributed by atoms with Gasteiger partial charge in [-0.3, -0.25) is 4.79 Å². The number of nitrogens with zero attached hydrogens (tertiary/aromatic N) is 3. The minimum atomic E-state index is 0.234.